The van der Waals surface area contributed by atoms with Crippen molar-refractivity contribution >= 4 is 11.9 Å². The number of rotatable bonds is 6. The predicted molar refractivity (Wildman–Crippen MR) is 84.6 cm³/mol. The molecule has 0 bridgehead atoms. The molecule has 1 heterocycles. The van der Waals surface area contributed by atoms with Crippen LogP contribution in [-0.4, -0.2) is 36.6 Å². The minimum atomic E-state index is -0.705. The fourth-order valence-corrected chi connectivity index (χ4v) is 2.04. The molecule has 1 aliphatic rings. The number of hydrogen-bond donors (Lipinski definition) is 0. The molecule has 122 valence electrons. The Morgan fingerprint density at radius 3 is 2.70 bits per heavy atom. The Balaban J connectivity index is 3.10. The van der Waals surface area contributed by atoms with E-state index in [-0.39, 0.29) is 11.5 Å². The van der Waals surface area contributed by atoms with Crippen molar-refractivity contribution in [3.63, 3.8) is 0 Å². The maximum atomic E-state index is 12.1. The second-order valence-electron chi connectivity index (χ2n) is 4.56. The third-order valence-electron chi connectivity index (χ3n) is 3.15. The summed E-state index contributed by atoms with van der Waals surface area (Å²) in [7, 11) is 1.21. The molecule has 1 aliphatic heterocycles. The van der Waals surface area contributed by atoms with Gasteiger partial charge in [-0.3, -0.25) is 0 Å². The Labute approximate surface area is 136 Å². The fraction of sp³-hybridized carbons (Fsp3) is 0.353. The number of carbonyl (C=O) groups excluding carboxylic acids is 2. The summed E-state index contributed by atoms with van der Waals surface area (Å²) in [5.41, 5.74) is 0.552. The predicted octanol–water partition coefficient (Wildman–Crippen LogP) is 2.22. The van der Waals surface area contributed by atoms with Gasteiger partial charge in [-0.1, -0.05) is 13.0 Å². The van der Waals surface area contributed by atoms with Crippen molar-refractivity contribution in [3.05, 3.63) is 47.9 Å². The van der Waals surface area contributed by atoms with Gasteiger partial charge in [0.05, 0.1) is 13.7 Å². The van der Waals surface area contributed by atoms with Crippen LogP contribution >= 0.6 is 0 Å². The normalized spacial score (nSPS) is 16.9. The monoisotopic (exact) mass is 316 g/mol. The quantitative estimate of drug-likeness (QED) is 0.425. The maximum absolute atomic E-state index is 12.1. The highest BCUT2D eigenvalue weighted by atomic mass is 16.5. The lowest BCUT2D eigenvalue weighted by atomic mass is 10.1. The molecule has 0 saturated carbocycles. The first-order chi connectivity index (χ1) is 11.1. The number of nitrogens with zero attached hydrogens (tertiary/aromatic N) is 2. The van der Waals surface area contributed by atoms with Crippen molar-refractivity contribution in [2.45, 2.75) is 26.3 Å². The van der Waals surface area contributed by atoms with Crippen molar-refractivity contribution in [1.82, 2.24) is 4.90 Å². The lowest BCUT2D eigenvalue weighted by molar-refractivity contribution is -0.148. The summed E-state index contributed by atoms with van der Waals surface area (Å²) < 4.78 is 9.62. The van der Waals surface area contributed by atoms with E-state index in [2.05, 4.69) is 4.74 Å². The van der Waals surface area contributed by atoms with Gasteiger partial charge in [-0.25, -0.2) is 9.59 Å². The Bertz CT molecular complexity index is 609. The molecule has 0 N–H and O–H groups in total. The van der Waals surface area contributed by atoms with Crippen LogP contribution < -0.4 is 0 Å². The topological polar surface area (TPSA) is 79.6 Å². The molecule has 1 atom stereocenters. The second kappa shape index (κ2) is 9.26. The van der Waals surface area contributed by atoms with Gasteiger partial charge >= 0.3 is 11.9 Å². The van der Waals surface area contributed by atoms with Crippen molar-refractivity contribution in [3.8, 4) is 6.07 Å². The number of carbonyl (C=O) groups is 2. The Kier molecular flexibility index (Phi) is 7.34. The van der Waals surface area contributed by atoms with E-state index in [0.717, 1.165) is 0 Å². The SMILES string of the molecule is CCOC(=O)C(CC)N1C=CC=C/C1=C\C=C(/C#N)C(=O)OC. The number of nitriles is 1. The van der Waals surface area contributed by atoms with E-state index in [1.54, 1.807) is 48.4 Å². The first-order valence-corrected chi connectivity index (χ1v) is 7.29. The van der Waals surface area contributed by atoms with Crippen LogP contribution in [0.25, 0.3) is 0 Å². The summed E-state index contributed by atoms with van der Waals surface area (Å²) in [6.07, 6.45) is 10.7. The summed E-state index contributed by atoms with van der Waals surface area (Å²) >= 11 is 0. The third-order valence-corrected chi connectivity index (χ3v) is 3.15. The van der Waals surface area contributed by atoms with Crippen molar-refractivity contribution in [2.75, 3.05) is 13.7 Å². The summed E-state index contributed by atoms with van der Waals surface area (Å²) in [4.78, 5) is 25.2. The molecule has 0 aromatic rings. The van der Waals surface area contributed by atoms with Gasteiger partial charge in [0.15, 0.2) is 0 Å². The first-order valence-electron chi connectivity index (χ1n) is 7.29. The molecule has 1 rings (SSSR count). The van der Waals surface area contributed by atoms with E-state index < -0.39 is 12.0 Å². The number of hydrogen-bond acceptors (Lipinski definition) is 6. The zero-order chi connectivity index (χ0) is 17.2. The van der Waals surface area contributed by atoms with Gasteiger partial charge < -0.3 is 14.4 Å². The second-order valence-corrected chi connectivity index (χ2v) is 4.56. The Morgan fingerprint density at radius 1 is 1.39 bits per heavy atom. The van der Waals surface area contributed by atoms with Gasteiger partial charge in [0.25, 0.3) is 0 Å². The van der Waals surface area contributed by atoms with E-state index >= 15 is 0 Å². The standard InChI is InChI=1S/C17H20N2O4/c1-4-15(17(21)23-5-2)19-11-7-6-8-14(19)10-9-13(12-18)16(20)22-3/h6-11,15H,4-5H2,1-3H3/b13-9+,14-10+. The van der Waals surface area contributed by atoms with E-state index in [0.29, 0.717) is 18.7 Å². The van der Waals surface area contributed by atoms with Gasteiger partial charge in [-0.2, -0.15) is 5.26 Å². The van der Waals surface area contributed by atoms with Crippen LogP contribution in [0.2, 0.25) is 0 Å². The number of methoxy groups -OCH3 is 1. The molecular formula is C17H20N2O4. The number of ether oxygens (including phenoxy) is 2. The summed E-state index contributed by atoms with van der Waals surface area (Å²) in [5, 5.41) is 8.97. The van der Waals surface area contributed by atoms with Crippen molar-refractivity contribution in [1.29, 1.82) is 5.26 Å². The smallest absolute Gasteiger partial charge is 0.348 e. The fourth-order valence-electron chi connectivity index (χ4n) is 2.04. The van der Waals surface area contributed by atoms with Crippen molar-refractivity contribution in [2.24, 2.45) is 0 Å². The molecule has 0 aromatic heterocycles. The highest BCUT2D eigenvalue weighted by Crippen LogP contribution is 2.20. The van der Waals surface area contributed by atoms with Gasteiger partial charge in [0.2, 0.25) is 0 Å². The molecule has 6 nitrogen and oxygen atoms in total. The molecule has 0 spiro atoms. The van der Waals surface area contributed by atoms with Crippen LogP contribution in [0, 0.1) is 11.3 Å². The van der Waals surface area contributed by atoms with Crippen LogP contribution in [0.3, 0.4) is 0 Å². The third kappa shape index (κ3) is 4.85. The average Bonchev–Trinajstić information content (AvgIpc) is 2.57. The van der Waals surface area contributed by atoms with Crippen LogP contribution in [0.4, 0.5) is 0 Å². The maximum Gasteiger partial charge on any atom is 0.348 e. The summed E-state index contributed by atoms with van der Waals surface area (Å²) in [6, 6.07) is 1.31. The lowest BCUT2D eigenvalue weighted by Crippen LogP contribution is -2.38. The largest absolute Gasteiger partial charge is 0.465 e. The number of esters is 2. The van der Waals surface area contributed by atoms with Gasteiger partial charge in [-0.15, -0.1) is 0 Å². The molecule has 0 aliphatic carbocycles. The van der Waals surface area contributed by atoms with Crippen LogP contribution in [0.15, 0.2) is 47.9 Å². The van der Waals surface area contributed by atoms with Crippen LogP contribution in [-0.2, 0) is 19.1 Å². The Morgan fingerprint density at radius 2 is 2.13 bits per heavy atom. The molecule has 0 radical (unpaired) electrons. The molecular weight excluding hydrogens is 296 g/mol. The highest BCUT2D eigenvalue weighted by molar-refractivity contribution is 5.93. The van der Waals surface area contributed by atoms with Crippen molar-refractivity contribution < 1.29 is 19.1 Å². The zero-order valence-corrected chi connectivity index (χ0v) is 13.5. The summed E-state index contributed by atoms with van der Waals surface area (Å²) in [6.45, 7) is 3.95. The van der Waals surface area contributed by atoms with E-state index in [4.69, 9.17) is 10.00 Å². The minimum Gasteiger partial charge on any atom is -0.465 e. The molecule has 6 heteroatoms. The Hall–Kier alpha value is -2.81. The highest BCUT2D eigenvalue weighted by Gasteiger charge is 2.25. The zero-order valence-electron chi connectivity index (χ0n) is 13.5. The summed E-state index contributed by atoms with van der Waals surface area (Å²) in [5.74, 6) is -1.03. The first kappa shape index (κ1) is 18.2. The van der Waals surface area contributed by atoms with E-state index in [1.165, 1.54) is 13.2 Å². The van der Waals surface area contributed by atoms with Crippen LogP contribution in [0.5, 0.6) is 0 Å². The molecule has 0 fully saturated rings. The van der Waals surface area contributed by atoms with Crippen LogP contribution in [0.1, 0.15) is 20.3 Å². The molecule has 0 saturated heterocycles. The molecule has 0 amide bonds. The molecule has 0 aromatic carbocycles. The lowest BCUT2D eigenvalue weighted by Gasteiger charge is -2.30. The van der Waals surface area contributed by atoms with Gasteiger partial charge in [0, 0.05) is 11.9 Å². The van der Waals surface area contributed by atoms with Gasteiger partial charge in [0.1, 0.15) is 17.7 Å². The molecule has 23 heavy (non-hydrogen) atoms. The average molecular weight is 316 g/mol. The minimum absolute atomic E-state index is 0.118. The van der Waals surface area contributed by atoms with E-state index in [1.807, 2.05) is 6.92 Å². The van der Waals surface area contributed by atoms with Gasteiger partial charge in [-0.05, 0) is 37.6 Å². The van der Waals surface area contributed by atoms with E-state index in [9.17, 15) is 9.59 Å². The molecule has 1 unspecified atom stereocenters. The number of allylic oxidation sites excluding steroid dienone is 5.